The van der Waals surface area contributed by atoms with Crippen molar-refractivity contribution in [3.8, 4) is 11.5 Å². The van der Waals surface area contributed by atoms with Crippen molar-refractivity contribution in [2.45, 2.75) is 36.2 Å². The van der Waals surface area contributed by atoms with Crippen LogP contribution < -0.4 is 9.47 Å². The van der Waals surface area contributed by atoms with Crippen molar-refractivity contribution in [3.63, 3.8) is 0 Å². The second-order valence-electron chi connectivity index (χ2n) is 6.34. The highest BCUT2D eigenvalue weighted by atomic mass is 79.9. The zero-order chi connectivity index (χ0) is 17.5. The molecule has 5 nitrogen and oxygen atoms in total. The second kappa shape index (κ2) is 6.90. The van der Waals surface area contributed by atoms with Gasteiger partial charge in [-0.1, -0.05) is 33.8 Å². The predicted octanol–water partition coefficient (Wildman–Crippen LogP) is 5.05. The first kappa shape index (κ1) is 16.6. The molecule has 2 aliphatic rings. The lowest BCUT2D eigenvalue weighted by Crippen LogP contribution is -2.03. The molecule has 134 valence electrons. The van der Waals surface area contributed by atoms with Gasteiger partial charge in [-0.3, -0.25) is 0 Å². The molecule has 1 aliphatic carbocycles. The largest absolute Gasteiger partial charge is 0.454 e. The van der Waals surface area contributed by atoms with Crippen LogP contribution in [0, 0.1) is 0 Å². The molecule has 0 saturated heterocycles. The molecule has 0 radical (unpaired) electrons. The van der Waals surface area contributed by atoms with E-state index in [-0.39, 0.29) is 0 Å². The fourth-order valence-corrected chi connectivity index (χ4v) is 5.37. The van der Waals surface area contributed by atoms with Crippen LogP contribution in [0.3, 0.4) is 0 Å². The summed E-state index contributed by atoms with van der Waals surface area (Å²) in [6, 6.07) is 8.83. The number of rotatable bonds is 6. The monoisotopic (exact) mass is 449 g/mol. The number of benzene rings is 1. The number of halogens is 1. The molecule has 3 aromatic rings. The van der Waals surface area contributed by atoms with E-state index in [0.717, 1.165) is 39.1 Å². The Labute approximate surface area is 167 Å². The minimum absolute atomic E-state index is 0.292. The van der Waals surface area contributed by atoms with Crippen LogP contribution in [0.5, 0.6) is 11.5 Å². The maximum absolute atomic E-state index is 5.50. The Morgan fingerprint density at radius 2 is 2.08 bits per heavy atom. The Bertz CT molecular complexity index is 938. The lowest BCUT2D eigenvalue weighted by atomic mass is 10.2. The van der Waals surface area contributed by atoms with Crippen LogP contribution in [-0.2, 0) is 12.2 Å². The molecule has 1 fully saturated rings. The van der Waals surface area contributed by atoms with E-state index in [1.165, 1.54) is 23.3 Å². The van der Waals surface area contributed by atoms with Crippen LogP contribution >= 0.6 is 39.0 Å². The van der Waals surface area contributed by atoms with E-state index in [4.69, 9.17) is 9.47 Å². The molecule has 0 N–H and O–H groups in total. The maximum atomic E-state index is 5.50. The van der Waals surface area contributed by atoms with Gasteiger partial charge < -0.3 is 14.0 Å². The first-order chi connectivity index (χ1) is 12.8. The van der Waals surface area contributed by atoms with Crippen LogP contribution in [0.25, 0.3) is 0 Å². The fraction of sp³-hybridized carbons (Fsp3) is 0.333. The van der Waals surface area contributed by atoms with Gasteiger partial charge in [-0.25, -0.2) is 0 Å². The molecule has 0 atom stereocenters. The maximum Gasteiger partial charge on any atom is 0.231 e. The van der Waals surface area contributed by atoms with Crippen molar-refractivity contribution in [1.29, 1.82) is 0 Å². The van der Waals surface area contributed by atoms with Gasteiger partial charge in [-0.05, 0) is 42.0 Å². The van der Waals surface area contributed by atoms with E-state index < -0.39 is 0 Å². The van der Waals surface area contributed by atoms with E-state index >= 15 is 0 Å². The molecule has 1 saturated carbocycles. The summed E-state index contributed by atoms with van der Waals surface area (Å²) in [5.41, 5.74) is 1.17. The third-order valence-corrected chi connectivity index (χ3v) is 7.06. The molecule has 8 heteroatoms. The topological polar surface area (TPSA) is 49.2 Å². The first-order valence-corrected chi connectivity index (χ1v) is 11.1. The van der Waals surface area contributed by atoms with Crippen LogP contribution in [0.4, 0.5) is 0 Å². The van der Waals surface area contributed by atoms with Crippen molar-refractivity contribution >= 4 is 39.0 Å². The normalized spacial score (nSPS) is 15.6. The third-order valence-electron chi connectivity index (χ3n) is 4.46. The van der Waals surface area contributed by atoms with Gasteiger partial charge in [0.15, 0.2) is 16.7 Å². The minimum Gasteiger partial charge on any atom is -0.454 e. The van der Waals surface area contributed by atoms with Crippen LogP contribution in [0.15, 0.2) is 39.3 Å². The fourth-order valence-electron chi connectivity index (χ4n) is 3.01. The zero-order valence-electron chi connectivity index (χ0n) is 13.9. The molecule has 0 spiro atoms. The van der Waals surface area contributed by atoms with Crippen molar-refractivity contribution in [2.75, 3.05) is 6.79 Å². The van der Waals surface area contributed by atoms with Crippen LogP contribution in [0.2, 0.25) is 0 Å². The molecule has 3 heterocycles. The number of fused-ring (bicyclic) bond motifs is 1. The lowest BCUT2D eigenvalue weighted by molar-refractivity contribution is 0.174. The van der Waals surface area contributed by atoms with Crippen LogP contribution in [-0.4, -0.2) is 21.6 Å². The van der Waals surface area contributed by atoms with Gasteiger partial charge in [0.05, 0.1) is 0 Å². The summed E-state index contributed by atoms with van der Waals surface area (Å²) < 4.78 is 14.3. The van der Waals surface area contributed by atoms with Crippen molar-refractivity contribution in [2.24, 2.45) is 0 Å². The highest BCUT2D eigenvalue weighted by molar-refractivity contribution is 9.10. The van der Waals surface area contributed by atoms with Crippen molar-refractivity contribution < 1.29 is 9.47 Å². The third kappa shape index (κ3) is 3.25. The second-order valence-corrected chi connectivity index (χ2v) is 9.17. The summed E-state index contributed by atoms with van der Waals surface area (Å²) in [5.74, 6) is 3.49. The lowest BCUT2D eigenvalue weighted by Gasteiger charge is -2.09. The average Bonchev–Trinajstić information content (AvgIpc) is 3.02. The predicted molar refractivity (Wildman–Crippen MR) is 105 cm³/mol. The number of hydrogen-bond donors (Lipinski definition) is 0. The average molecular weight is 450 g/mol. The standard InChI is InChI=1S/C18H16BrN3O2S2/c19-14-8-16-15(23-10-24-16)6-11(14)9-26-18-21-20-17(22(18)12-3-4-12)7-13-2-1-5-25-13/h1-2,5-6,8,12H,3-4,7,9-10H2. The molecule has 0 unspecified atom stereocenters. The molecule has 2 aromatic heterocycles. The Morgan fingerprint density at radius 3 is 2.85 bits per heavy atom. The van der Waals surface area contributed by atoms with Gasteiger partial charge in [-0.15, -0.1) is 21.5 Å². The summed E-state index contributed by atoms with van der Waals surface area (Å²) in [6.07, 6.45) is 3.29. The summed E-state index contributed by atoms with van der Waals surface area (Å²) in [5, 5.41) is 12.1. The van der Waals surface area contributed by atoms with Crippen molar-refractivity contribution in [3.05, 3.63) is 50.4 Å². The number of thiophene rings is 1. The summed E-state index contributed by atoms with van der Waals surface area (Å²) in [6.45, 7) is 0.292. The molecular formula is C18H16BrN3O2S2. The molecule has 26 heavy (non-hydrogen) atoms. The van der Waals surface area contributed by atoms with Crippen molar-refractivity contribution in [1.82, 2.24) is 14.8 Å². The number of nitrogens with zero attached hydrogens (tertiary/aromatic N) is 3. The summed E-state index contributed by atoms with van der Waals surface area (Å²) in [7, 11) is 0. The molecule has 0 amide bonds. The highest BCUT2D eigenvalue weighted by Crippen LogP contribution is 2.42. The minimum atomic E-state index is 0.292. The van der Waals surface area contributed by atoms with Gasteiger partial charge in [0.1, 0.15) is 5.82 Å². The number of ether oxygens (including phenoxy) is 2. The van der Waals surface area contributed by atoms with Gasteiger partial charge in [-0.2, -0.15) is 0 Å². The SMILES string of the molecule is Brc1cc2c(cc1CSc1nnc(Cc3cccs3)n1C1CC1)OCO2. The zero-order valence-corrected chi connectivity index (χ0v) is 17.1. The van der Waals surface area contributed by atoms with Gasteiger partial charge in [0.25, 0.3) is 0 Å². The molecule has 1 aromatic carbocycles. The number of aromatic nitrogens is 3. The smallest absolute Gasteiger partial charge is 0.231 e. The molecule has 1 aliphatic heterocycles. The summed E-state index contributed by atoms with van der Waals surface area (Å²) in [4.78, 5) is 1.33. The Kier molecular flexibility index (Phi) is 4.42. The van der Waals surface area contributed by atoms with E-state index in [0.29, 0.717) is 12.8 Å². The Morgan fingerprint density at radius 1 is 1.23 bits per heavy atom. The quantitative estimate of drug-likeness (QED) is 0.492. The molecule has 0 bridgehead atoms. The number of thioether (sulfide) groups is 1. The van der Waals surface area contributed by atoms with Gasteiger partial charge in [0.2, 0.25) is 6.79 Å². The first-order valence-electron chi connectivity index (χ1n) is 8.45. The molecular weight excluding hydrogens is 434 g/mol. The van der Waals surface area contributed by atoms with Gasteiger partial charge in [0, 0.05) is 27.6 Å². The number of hydrogen-bond acceptors (Lipinski definition) is 6. The van der Waals surface area contributed by atoms with E-state index in [9.17, 15) is 0 Å². The highest BCUT2D eigenvalue weighted by Gasteiger charge is 2.30. The van der Waals surface area contributed by atoms with Crippen LogP contribution in [0.1, 0.15) is 35.1 Å². The van der Waals surface area contributed by atoms with E-state index in [2.05, 4.69) is 48.2 Å². The van der Waals surface area contributed by atoms with E-state index in [1.807, 2.05) is 12.1 Å². The Hall–Kier alpha value is -1.51. The summed E-state index contributed by atoms with van der Waals surface area (Å²) >= 11 is 7.14. The van der Waals surface area contributed by atoms with E-state index in [1.54, 1.807) is 23.1 Å². The van der Waals surface area contributed by atoms with Gasteiger partial charge >= 0.3 is 0 Å². The molecule has 5 rings (SSSR count). The Balaban J connectivity index is 1.37.